The number of aromatic amines is 1. The van der Waals surface area contributed by atoms with Crippen molar-refractivity contribution in [3.8, 4) is 34.0 Å². The molecule has 0 aliphatic carbocycles. The molecule has 4 aromatic rings. The fourth-order valence-electron chi connectivity index (χ4n) is 3.89. The SMILES string of the molecule is FC(F)Oc1ccccc1-c1c(-c2c(C(F)F)nn3c2OCCC3)[nH]c2ncccc12. The van der Waals surface area contributed by atoms with E-state index >= 15 is 0 Å². The van der Waals surface area contributed by atoms with Crippen LogP contribution >= 0.6 is 0 Å². The van der Waals surface area contributed by atoms with E-state index < -0.39 is 18.7 Å². The third kappa shape index (κ3) is 3.28. The standard InChI is InChI=1S/C21H16F4N4O2/c22-18(23)17-15(20-29(28-17)9-4-10-30-20)16-14(12-6-3-8-26-19(12)27-16)11-5-1-2-7-13(11)31-21(24)25/h1-3,5-8,18,21H,4,9-10H2,(H,26,27). The number of nitrogens with one attached hydrogen (secondary N) is 1. The van der Waals surface area contributed by atoms with Crippen LogP contribution in [0.15, 0.2) is 42.6 Å². The Bertz CT molecular complexity index is 1250. The van der Waals surface area contributed by atoms with Crippen LogP contribution in [0, 0.1) is 0 Å². The minimum absolute atomic E-state index is 0.0796. The van der Waals surface area contributed by atoms with Crippen molar-refractivity contribution >= 4 is 11.0 Å². The molecule has 160 valence electrons. The highest BCUT2D eigenvalue weighted by Crippen LogP contribution is 2.47. The van der Waals surface area contributed by atoms with Gasteiger partial charge in [0.1, 0.15) is 17.1 Å². The molecule has 1 aliphatic heterocycles. The summed E-state index contributed by atoms with van der Waals surface area (Å²) in [5.74, 6) is 0.130. The van der Waals surface area contributed by atoms with E-state index in [9.17, 15) is 17.6 Å². The molecule has 0 atom stereocenters. The van der Waals surface area contributed by atoms with E-state index in [1.54, 1.807) is 36.5 Å². The van der Waals surface area contributed by atoms with Gasteiger partial charge in [-0.05, 0) is 18.2 Å². The predicted molar refractivity (Wildman–Crippen MR) is 104 cm³/mol. The number of pyridine rings is 1. The summed E-state index contributed by atoms with van der Waals surface area (Å²) in [5, 5.41) is 4.62. The minimum atomic E-state index is -3.04. The molecule has 0 radical (unpaired) electrons. The van der Waals surface area contributed by atoms with Crippen molar-refractivity contribution in [2.24, 2.45) is 0 Å². The van der Waals surface area contributed by atoms with E-state index in [1.807, 2.05) is 0 Å². The van der Waals surface area contributed by atoms with E-state index in [1.165, 1.54) is 10.7 Å². The zero-order valence-corrected chi connectivity index (χ0v) is 16.0. The lowest BCUT2D eigenvalue weighted by Crippen LogP contribution is -2.15. The van der Waals surface area contributed by atoms with Crippen LogP contribution in [0.2, 0.25) is 0 Å². The van der Waals surface area contributed by atoms with Crippen LogP contribution < -0.4 is 9.47 Å². The molecule has 1 N–H and O–H groups in total. The summed E-state index contributed by atoms with van der Waals surface area (Å²) in [5.41, 5.74) is 1.04. The average molecular weight is 432 g/mol. The number of hydrogen-bond acceptors (Lipinski definition) is 4. The second-order valence-corrected chi connectivity index (χ2v) is 6.94. The first-order valence-electron chi connectivity index (χ1n) is 9.57. The van der Waals surface area contributed by atoms with Crippen LogP contribution in [-0.2, 0) is 6.54 Å². The summed E-state index contributed by atoms with van der Waals surface area (Å²) >= 11 is 0. The van der Waals surface area contributed by atoms with Crippen molar-refractivity contribution in [2.45, 2.75) is 26.0 Å². The summed E-state index contributed by atoms with van der Waals surface area (Å²) < 4.78 is 65.8. The van der Waals surface area contributed by atoms with E-state index in [0.717, 1.165) is 0 Å². The molecule has 0 fully saturated rings. The number of aryl methyl sites for hydroxylation is 1. The monoisotopic (exact) mass is 432 g/mol. The Morgan fingerprint density at radius 2 is 1.90 bits per heavy atom. The minimum Gasteiger partial charge on any atom is -0.477 e. The number of halogens is 4. The van der Waals surface area contributed by atoms with E-state index in [4.69, 9.17) is 9.47 Å². The van der Waals surface area contributed by atoms with Crippen molar-refractivity contribution in [3.63, 3.8) is 0 Å². The molecule has 0 bridgehead atoms. The first kappa shape index (κ1) is 19.4. The fraction of sp³-hybridized carbons (Fsp3) is 0.238. The Balaban J connectivity index is 1.84. The summed E-state index contributed by atoms with van der Waals surface area (Å²) in [6.45, 7) is -2.24. The van der Waals surface area contributed by atoms with Crippen LogP contribution in [0.3, 0.4) is 0 Å². The Morgan fingerprint density at radius 3 is 2.71 bits per heavy atom. The van der Waals surface area contributed by atoms with Crippen LogP contribution in [0.1, 0.15) is 18.5 Å². The topological polar surface area (TPSA) is 65.0 Å². The van der Waals surface area contributed by atoms with Gasteiger partial charge < -0.3 is 14.5 Å². The van der Waals surface area contributed by atoms with Crippen molar-refractivity contribution in [2.75, 3.05) is 6.61 Å². The number of nitrogens with zero attached hydrogens (tertiary/aromatic N) is 3. The highest BCUT2D eigenvalue weighted by molar-refractivity contribution is 6.04. The molecule has 10 heteroatoms. The predicted octanol–water partition coefficient (Wildman–Crippen LogP) is 5.41. The molecule has 5 rings (SSSR count). The van der Waals surface area contributed by atoms with Crippen molar-refractivity contribution < 1.29 is 27.0 Å². The Kier molecular flexibility index (Phi) is 4.76. The van der Waals surface area contributed by atoms with Crippen LogP contribution in [-0.4, -0.2) is 33.0 Å². The number of aromatic nitrogens is 4. The lowest BCUT2D eigenvalue weighted by Gasteiger charge is -2.17. The molecule has 0 amide bonds. The molecular formula is C21H16F4N4O2. The Hall–Kier alpha value is -3.56. The van der Waals surface area contributed by atoms with Gasteiger partial charge in [0.2, 0.25) is 5.88 Å². The molecule has 3 aromatic heterocycles. The van der Waals surface area contributed by atoms with Crippen LogP contribution in [0.5, 0.6) is 11.6 Å². The highest BCUT2D eigenvalue weighted by atomic mass is 19.3. The van der Waals surface area contributed by atoms with Gasteiger partial charge in [-0.25, -0.2) is 18.4 Å². The molecule has 0 saturated heterocycles. The molecule has 1 aliphatic rings. The molecule has 0 unspecified atom stereocenters. The number of H-pyrrole nitrogens is 1. The highest BCUT2D eigenvalue weighted by Gasteiger charge is 2.32. The van der Waals surface area contributed by atoms with Gasteiger partial charge in [-0.1, -0.05) is 18.2 Å². The maximum atomic E-state index is 14.0. The number of alkyl halides is 4. The zero-order chi connectivity index (χ0) is 21.5. The lowest BCUT2D eigenvalue weighted by molar-refractivity contribution is -0.0494. The summed E-state index contributed by atoms with van der Waals surface area (Å²) in [4.78, 5) is 7.35. The molecular weight excluding hydrogens is 416 g/mol. The van der Waals surface area contributed by atoms with E-state index in [2.05, 4.69) is 15.1 Å². The first-order valence-corrected chi connectivity index (χ1v) is 9.57. The smallest absolute Gasteiger partial charge is 0.387 e. The summed E-state index contributed by atoms with van der Waals surface area (Å²) in [6.07, 6.45) is -0.675. The Morgan fingerprint density at radius 1 is 1.06 bits per heavy atom. The van der Waals surface area contributed by atoms with E-state index in [-0.39, 0.29) is 22.9 Å². The van der Waals surface area contributed by atoms with Gasteiger partial charge >= 0.3 is 6.61 Å². The van der Waals surface area contributed by atoms with Gasteiger partial charge in [0, 0.05) is 35.7 Å². The van der Waals surface area contributed by atoms with E-state index in [0.29, 0.717) is 41.7 Å². The number of rotatable bonds is 5. The lowest BCUT2D eigenvalue weighted by atomic mass is 9.98. The second-order valence-electron chi connectivity index (χ2n) is 6.94. The zero-order valence-electron chi connectivity index (χ0n) is 16.0. The quantitative estimate of drug-likeness (QED) is 0.428. The van der Waals surface area contributed by atoms with Gasteiger partial charge in [-0.2, -0.15) is 13.9 Å². The molecule has 1 aromatic carbocycles. The van der Waals surface area contributed by atoms with Gasteiger partial charge in [-0.15, -0.1) is 0 Å². The number of para-hydroxylation sites is 1. The first-order chi connectivity index (χ1) is 15.0. The number of fused-ring (bicyclic) bond motifs is 2. The van der Waals surface area contributed by atoms with Gasteiger partial charge in [0.05, 0.1) is 17.9 Å². The van der Waals surface area contributed by atoms with Crippen LogP contribution in [0.25, 0.3) is 33.4 Å². The molecule has 0 saturated carbocycles. The van der Waals surface area contributed by atoms with Crippen molar-refractivity contribution in [1.82, 2.24) is 19.7 Å². The number of benzene rings is 1. The third-order valence-electron chi connectivity index (χ3n) is 5.09. The molecule has 31 heavy (non-hydrogen) atoms. The Labute approximate surface area is 173 Å². The number of hydrogen-bond donors (Lipinski definition) is 1. The summed E-state index contributed by atoms with van der Waals surface area (Å²) in [7, 11) is 0. The maximum Gasteiger partial charge on any atom is 0.387 e. The maximum absolute atomic E-state index is 14.0. The summed E-state index contributed by atoms with van der Waals surface area (Å²) in [6, 6.07) is 9.62. The third-order valence-corrected chi connectivity index (χ3v) is 5.09. The van der Waals surface area contributed by atoms with Crippen LogP contribution in [0.4, 0.5) is 17.6 Å². The van der Waals surface area contributed by atoms with Gasteiger partial charge in [0.25, 0.3) is 6.43 Å². The molecule has 6 nitrogen and oxygen atoms in total. The average Bonchev–Trinajstić information content (AvgIpc) is 3.32. The second kappa shape index (κ2) is 7.60. The number of ether oxygens (including phenoxy) is 2. The fourth-order valence-corrected chi connectivity index (χ4v) is 3.89. The normalized spacial score (nSPS) is 13.6. The van der Waals surface area contributed by atoms with Crippen molar-refractivity contribution in [3.05, 3.63) is 48.3 Å². The molecule has 0 spiro atoms. The van der Waals surface area contributed by atoms with Gasteiger partial charge in [0.15, 0.2) is 0 Å². The molecule has 4 heterocycles. The van der Waals surface area contributed by atoms with Gasteiger partial charge in [-0.3, -0.25) is 0 Å². The van der Waals surface area contributed by atoms with Crippen molar-refractivity contribution in [1.29, 1.82) is 0 Å². The largest absolute Gasteiger partial charge is 0.477 e.